The van der Waals surface area contributed by atoms with Crippen molar-refractivity contribution < 1.29 is 80.9 Å². The van der Waals surface area contributed by atoms with Gasteiger partial charge in [-0.2, -0.15) is 26.3 Å². The molecule has 3 aromatic carbocycles. The van der Waals surface area contributed by atoms with Crippen LogP contribution in [0, 0.1) is 73.1 Å². The zero-order valence-corrected chi connectivity index (χ0v) is 32.4. The highest BCUT2D eigenvalue weighted by Gasteiger charge is 2.41. The van der Waals surface area contributed by atoms with Gasteiger partial charge in [0.1, 0.15) is 16.7 Å². The predicted octanol–water partition coefficient (Wildman–Crippen LogP) is 12.2. The highest BCUT2D eigenvalue weighted by atomic mass is 19.2. The minimum atomic E-state index is -2.99. The van der Waals surface area contributed by atoms with Gasteiger partial charge in [-0.05, 0) is 57.2 Å². The number of furan rings is 3. The van der Waals surface area contributed by atoms with Crippen LogP contribution in [0.15, 0.2) is 87.0 Å². The molecule has 0 atom stereocenters. The molecule has 12 nitrogen and oxygen atoms in total. The lowest BCUT2D eigenvalue weighted by Gasteiger charge is -2.22. The van der Waals surface area contributed by atoms with Gasteiger partial charge in [-0.15, -0.1) is 0 Å². The highest BCUT2D eigenvalue weighted by molar-refractivity contribution is 6.39. The molecule has 9 rings (SSSR count). The third-order valence-corrected chi connectivity index (χ3v) is 9.65. The van der Waals surface area contributed by atoms with Crippen LogP contribution in [-0.2, 0) is 0 Å². The van der Waals surface area contributed by atoms with E-state index in [1.807, 2.05) is 0 Å². The maximum Gasteiger partial charge on any atom is 0.864 e. The molecule has 9 aromatic rings. The average molecular weight is 893 g/mol. The van der Waals surface area contributed by atoms with Crippen molar-refractivity contribution in [3.63, 3.8) is 0 Å². The van der Waals surface area contributed by atoms with E-state index in [1.54, 1.807) is 0 Å². The number of aromatic nitrogens is 3. The molecule has 0 N–H and O–H groups in total. The van der Waals surface area contributed by atoms with Crippen molar-refractivity contribution in [2.45, 2.75) is 20.8 Å². The number of hydrogen-bond donors (Lipinski definition) is 0. The van der Waals surface area contributed by atoms with E-state index in [4.69, 9.17) is 41.4 Å². The number of benzene rings is 3. The Labute approximate surface area is 351 Å². The van der Waals surface area contributed by atoms with Crippen molar-refractivity contribution in [2.75, 3.05) is 0 Å². The molecule has 0 saturated heterocycles. The van der Waals surface area contributed by atoms with Crippen molar-refractivity contribution in [3.05, 3.63) is 143 Å². The van der Waals surface area contributed by atoms with E-state index in [0.29, 0.717) is 0 Å². The maximum atomic E-state index is 16.0. The van der Waals surface area contributed by atoms with Gasteiger partial charge in [0, 0.05) is 35.3 Å². The molecular formula is C42H21BF9N3O9. The summed E-state index contributed by atoms with van der Waals surface area (Å²) in [7, 11) is -2.99. The zero-order valence-electron chi connectivity index (χ0n) is 32.4. The summed E-state index contributed by atoms with van der Waals surface area (Å²) in [6.45, 7) is 2.50. The summed E-state index contributed by atoms with van der Waals surface area (Å²) in [6.07, 6.45) is 7.17. The van der Waals surface area contributed by atoms with Crippen LogP contribution in [0.5, 0.6) is 52.1 Å². The molecule has 0 spiro atoms. The van der Waals surface area contributed by atoms with Crippen LogP contribution in [0.2, 0.25) is 0 Å². The Hall–Kier alpha value is -8.04. The second-order valence-corrected chi connectivity index (χ2v) is 13.5. The first kappa shape index (κ1) is 41.3. The van der Waals surface area contributed by atoms with Gasteiger partial charge in [-0.25, -0.2) is 28.1 Å². The van der Waals surface area contributed by atoms with Crippen LogP contribution < -0.4 is 28.2 Å². The molecule has 0 amide bonds. The van der Waals surface area contributed by atoms with Crippen LogP contribution in [-0.4, -0.2) is 22.3 Å². The molecule has 0 aliphatic rings. The van der Waals surface area contributed by atoms with Gasteiger partial charge in [0.2, 0.25) is 69.8 Å². The fraction of sp³-hybridized carbons (Fsp3) is 0.0714. The van der Waals surface area contributed by atoms with Gasteiger partial charge in [-0.1, -0.05) is 0 Å². The van der Waals surface area contributed by atoms with Gasteiger partial charge in [0.25, 0.3) is 0 Å². The Morgan fingerprint density at radius 1 is 0.375 bits per heavy atom. The summed E-state index contributed by atoms with van der Waals surface area (Å²) < 4.78 is 191. The molecule has 22 heteroatoms. The van der Waals surface area contributed by atoms with E-state index in [-0.39, 0.29) is 32.9 Å². The van der Waals surface area contributed by atoms with Gasteiger partial charge < -0.3 is 41.4 Å². The molecule has 0 unspecified atom stereocenters. The molecule has 0 bridgehead atoms. The van der Waals surface area contributed by atoms with Crippen molar-refractivity contribution in [1.82, 2.24) is 15.0 Å². The summed E-state index contributed by atoms with van der Waals surface area (Å²) in [5, 5.41) is 0.396. The van der Waals surface area contributed by atoms with Crippen LogP contribution in [0.3, 0.4) is 0 Å². The molecule has 0 fully saturated rings. The Balaban J connectivity index is 1.12. The molecule has 324 valence electrons. The average Bonchev–Trinajstić information content (AvgIpc) is 4.10. The van der Waals surface area contributed by atoms with Crippen molar-refractivity contribution in [2.24, 2.45) is 0 Å². The zero-order chi connectivity index (χ0) is 45.1. The largest absolute Gasteiger partial charge is 0.864 e. The normalized spacial score (nSPS) is 11.4. The number of fused-ring (bicyclic) bond motifs is 3. The van der Waals surface area contributed by atoms with E-state index < -0.39 is 129 Å². The second kappa shape index (κ2) is 16.0. The third-order valence-electron chi connectivity index (χ3n) is 9.65. The summed E-state index contributed by atoms with van der Waals surface area (Å²) >= 11 is 0. The summed E-state index contributed by atoms with van der Waals surface area (Å²) in [5.41, 5.74) is -2.19. The van der Waals surface area contributed by atoms with Crippen LogP contribution >= 0.6 is 0 Å². The number of ether oxygens (including phenoxy) is 3. The number of pyridine rings is 3. The summed E-state index contributed by atoms with van der Waals surface area (Å²) in [4.78, 5) is 11.7. The molecule has 0 saturated carbocycles. The molecule has 6 heterocycles. The van der Waals surface area contributed by atoms with Gasteiger partial charge >= 0.3 is 7.32 Å². The first-order valence-electron chi connectivity index (χ1n) is 18.2. The fourth-order valence-corrected chi connectivity index (χ4v) is 6.38. The summed E-state index contributed by atoms with van der Waals surface area (Å²) in [5.74, 6) is -26.7. The lowest BCUT2D eigenvalue weighted by Crippen LogP contribution is -2.39. The third kappa shape index (κ3) is 6.91. The Morgan fingerprint density at radius 2 is 0.641 bits per heavy atom. The van der Waals surface area contributed by atoms with Crippen LogP contribution in [0.25, 0.3) is 32.9 Å². The first-order chi connectivity index (χ1) is 30.7. The van der Waals surface area contributed by atoms with Crippen LogP contribution in [0.4, 0.5) is 39.5 Å². The van der Waals surface area contributed by atoms with Crippen molar-refractivity contribution in [1.29, 1.82) is 0 Å². The topological polar surface area (TPSA) is 133 Å². The summed E-state index contributed by atoms with van der Waals surface area (Å²) in [6, 6.07) is 8.25. The fourth-order valence-electron chi connectivity index (χ4n) is 6.38. The Kier molecular flexibility index (Phi) is 10.3. The van der Waals surface area contributed by atoms with Gasteiger partial charge in [0.15, 0.2) is 34.7 Å². The molecule has 64 heavy (non-hydrogen) atoms. The molecule has 0 radical (unpaired) electrons. The SMILES string of the molecule is Cc1c(F)c(Oc2nccc3occc23)c(F)c(F)c1OB(Oc1c(C)c(F)c(Oc2nccc3occc23)c(F)c1F)Oc1c(C)c(F)c(Oc2nccc3occc23)c(F)c1F. The lowest BCUT2D eigenvalue weighted by molar-refractivity contribution is 0.269. The lowest BCUT2D eigenvalue weighted by atomic mass is 10.1. The quantitative estimate of drug-likeness (QED) is 0.0656. The maximum absolute atomic E-state index is 16.0. The smallest absolute Gasteiger partial charge is 0.486 e. The van der Waals surface area contributed by atoms with E-state index in [2.05, 4.69) is 15.0 Å². The molecular weight excluding hydrogens is 872 g/mol. The Morgan fingerprint density at radius 3 is 0.922 bits per heavy atom. The minimum Gasteiger partial charge on any atom is -0.486 e. The molecule has 6 aromatic heterocycles. The first-order valence-corrected chi connectivity index (χ1v) is 18.2. The van der Waals surface area contributed by atoms with Crippen molar-refractivity contribution in [3.8, 4) is 52.1 Å². The standard InChI is InChI=1S/C42H21BF9N3O9/c1-16-25(44)37(59-40-19-7-13-56-22(19)4-10-53-40)31(50)28(47)34(16)62-43(63-35-17(2)26(45)38(32(51)29(35)48)60-41-20-8-14-57-23(20)5-11-54-41)64-36-18(3)27(46)39(33(52)30(36)49)61-42-21-9-15-58-24(21)6-12-55-42/h4-15H,1-3H3. The van der Waals surface area contributed by atoms with Crippen molar-refractivity contribution >= 4 is 40.2 Å². The monoisotopic (exact) mass is 893 g/mol. The van der Waals surface area contributed by atoms with Gasteiger partial charge in [-0.3, -0.25) is 0 Å². The van der Waals surface area contributed by atoms with Crippen LogP contribution in [0.1, 0.15) is 16.7 Å². The van der Waals surface area contributed by atoms with E-state index in [9.17, 15) is 0 Å². The second-order valence-electron chi connectivity index (χ2n) is 13.5. The highest BCUT2D eigenvalue weighted by Crippen LogP contribution is 2.43. The minimum absolute atomic E-state index is 0.132. The number of nitrogens with zero attached hydrogens (tertiary/aromatic N) is 3. The number of rotatable bonds is 12. The molecule has 0 aliphatic heterocycles. The predicted molar refractivity (Wildman–Crippen MR) is 203 cm³/mol. The van der Waals surface area contributed by atoms with E-state index >= 15 is 39.5 Å². The number of halogens is 9. The van der Waals surface area contributed by atoms with Gasteiger partial charge in [0.05, 0.1) is 34.9 Å². The Bertz CT molecular complexity index is 2890. The van der Waals surface area contributed by atoms with E-state index in [1.165, 1.54) is 73.8 Å². The van der Waals surface area contributed by atoms with E-state index in [0.717, 1.165) is 20.8 Å². The number of hydrogen-bond acceptors (Lipinski definition) is 12. The molecule has 0 aliphatic carbocycles.